The van der Waals surface area contributed by atoms with E-state index in [0.29, 0.717) is 0 Å². The highest BCUT2D eigenvalue weighted by molar-refractivity contribution is 5.81. The van der Waals surface area contributed by atoms with Crippen LogP contribution in [0.1, 0.15) is 0 Å². The van der Waals surface area contributed by atoms with E-state index in [1.54, 1.807) is 12.4 Å². The topological polar surface area (TPSA) is 52.7 Å². The first-order chi connectivity index (χ1) is 11.8. The molecule has 0 unspecified atom stereocenters. The molecule has 0 bridgehead atoms. The first-order valence-electron chi connectivity index (χ1n) is 7.55. The Balaban J connectivity index is 1.61. The highest BCUT2D eigenvalue weighted by Crippen LogP contribution is 2.18. The molecule has 24 heavy (non-hydrogen) atoms. The van der Waals surface area contributed by atoms with Crippen LogP contribution in [0, 0.1) is 0 Å². The second-order valence-electron chi connectivity index (χ2n) is 5.35. The van der Waals surface area contributed by atoms with Crippen LogP contribution in [-0.2, 0) is 0 Å². The third kappa shape index (κ3) is 2.63. The lowest BCUT2D eigenvalue weighted by atomic mass is 10.2. The number of rotatable bonds is 2. The molecule has 116 valence electrons. The molecule has 2 aromatic heterocycles. The molecule has 0 atom stereocenters. The summed E-state index contributed by atoms with van der Waals surface area (Å²) in [6, 6.07) is 19.3. The normalized spacial score (nSPS) is 10.7. The number of hydrogen-bond donors (Lipinski definition) is 0. The summed E-state index contributed by atoms with van der Waals surface area (Å²) >= 11 is 0. The van der Waals surface area contributed by atoms with E-state index in [-0.39, 0.29) is 6.03 Å². The van der Waals surface area contributed by atoms with Gasteiger partial charge in [-0.2, -0.15) is 0 Å². The largest absolute Gasteiger partial charge is 0.338 e. The van der Waals surface area contributed by atoms with E-state index in [0.717, 1.165) is 22.5 Å². The van der Waals surface area contributed by atoms with E-state index >= 15 is 0 Å². The zero-order valence-electron chi connectivity index (χ0n) is 12.8. The lowest BCUT2D eigenvalue weighted by Gasteiger charge is -2.00. The van der Waals surface area contributed by atoms with Gasteiger partial charge in [-0.25, -0.2) is 14.8 Å². The molecule has 0 saturated heterocycles. The van der Waals surface area contributed by atoms with Crippen LogP contribution in [-0.4, -0.2) is 25.1 Å². The van der Waals surface area contributed by atoms with Crippen LogP contribution in [0.2, 0.25) is 0 Å². The number of carbonyl (C=O) groups is 1. The van der Waals surface area contributed by atoms with Gasteiger partial charge in [-0.15, -0.1) is 0 Å². The minimum atomic E-state index is -0.223. The van der Waals surface area contributed by atoms with Gasteiger partial charge in [0.1, 0.15) is 12.7 Å². The number of carbonyl (C=O) groups excluding carboxylic acids is 1. The minimum Gasteiger partial charge on any atom is -0.257 e. The summed E-state index contributed by atoms with van der Waals surface area (Å²) in [5.41, 5.74) is 3.46. The summed E-state index contributed by atoms with van der Waals surface area (Å²) in [6.07, 6.45) is 6.49. The summed E-state index contributed by atoms with van der Waals surface area (Å²) in [7, 11) is 0. The van der Waals surface area contributed by atoms with Gasteiger partial charge >= 0.3 is 6.03 Å². The molecule has 0 saturated carbocycles. The molecule has 4 aromatic rings. The maximum atomic E-state index is 12.6. The summed E-state index contributed by atoms with van der Waals surface area (Å²) < 4.78 is 2.91. The van der Waals surface area contributed by atoms with Crippen molar-refractivity contribution in [2.75, 3.05) is 0 Å². The highest BCUT2D eigenvalue weighted by atomic mass is 16.2. The lowest BCUT2D eigenvalue weighted by molar-refractivity contribution is 0.244. The molecule has 0 N–H and O–H groups in total. The van der Waals surface area contributed by atoms with Crippen LogP contribution < -0.4 is 0 Å². The van der Waals surface area contributed by atoms with Crippen molar-refractivity contribution in [2.24, 2.45) is 0 Å². The summed E-state index contributed by atoms with van der Waals surface area (Å²) in [5, 5.41) is 0. The van der Waals surface area contributed by atoms with Gasteiger partial charge in [0.2, 0.25) is 0 Å². The van der Waals surface area contributed by atoms with Crippen LogP contribution in [0.5, 0.6) is 0 Å². The van der Waals surface area contributed by atoms with E-state index in [4.69, 9.17) is 0 Å². The fourth-order valence-electron chi connectivity index (χ4n) is 2.50. The maximum Gasteiger partial charge on any atom is 0.338 e. The number of nitrogens with zero attached hydrogens (tertiary/aromatic N) is 4. The van der Waals surface area contributed by atoms with Crippen LogP contribution >= 0.6 is 0 Å². The van der Waals surface area contributed by atoms with Crippen molar-refractivity contribution in [3.8, 4) is 22.5 Å². The number of imidazole rings is 2. The molecule has 2 aromatic carbocycles. The molecular formula is C19H14N4O. The third-order valence-electron chi connectivity index (χ3n) is 3.75. The Hall–Kier alpha value is -3.47. The number of benzene rings is 2. The van der Waals surface area contributed by atoms with Gasteiger partial charge in [-0.1, -0.05) is 60.7 Å². The minimum absolute atomic E-state index is 0.223. The van der Waals surface area contributed by atoms with Gasteiger partial charge in [0.05, 0.1) is 11.4 Å². The first-order valence-corrected chi connectivity index (χ1v) is 7.55. The average Bonchev–Trinajstić information content (AvgIpc) is 3.33. The van der Waals surface area contributed by atoms with E-state index in [1.165, 1.54) is 21.8 Å². The molecule has 0 fully saturated rings. The fraction of sp³-hybridized carbons (Fsp3) is 0. The number of aromatic nitrogens is 4. The Bertz CT molecular complexity index is 891. The SMILES string of the molecule is O=C(n1cnc(-c2ccccc2)c1)n1cnc(-c2ccccc2)c1. The molecule has 0 aliphatic heterocycles. The molecule has 0 radical (unpaired) electrons. The van der Waals surface area contributed by atoms with Gasteiger partial charge in [0.25, 0.3) is 0 Å². The van der Waals surface area contributed by atoms with Crippen molar-refractivity contribution in [2.45, 2.75) is 0 Å². The molecule has 0 amide bonds. The Morgan fingerprint density at radius 3 is 1.50 bits per heavy atom. The quantitative estimate of drug-likeness (QED) is 0.563. The summed E-state index contributed by atoms with van der Waals surface area (Å²) in [4.78, 5) is 21.2. The van der Waals surface area contributed by atoms with E-state index in [9.17, 15) is 4.79 Å². The van der Waals surface area contributed by atoms with E-state index in [1.807, 2.05) is 60.7 Å². The van der Waals surface area contributed by atoms with Crippen molar-refractivity contribution < 1.29 is 4.79 Å². The zero-order chi connectivity index (χ0) is 16.4. The van der Waals surface area contributed by atoms with Crippen molar-refractivity contribution in [3.63, 3.8) is 0 Å². The standard InChI is InChI=1S/C19H14N4O/c24-19(22-11-17(20-13-22)15-7-3-1-4-8-15)23-12-18(21-14-23)16-9-5-2-6-10-16/h1-14H. The third-order valence-corrected chi connectivity index (χ3v) is 3.75. The maximum absolute atomic E-state index is 12.6. The monoisotopic (exact) mass is 314 g/mol. The Morgan fingerprint density at radius 2 is 1.08 bits per heavy atom. The predicted molar refractivity (Wildman–Crippen MR) is 91.5 cm³/mol. The second kappa shape index (κ2) is 5.96. The van der Waals surface area contributed by atoms with Crippen LogP contribution in [0.15, 0.2) is 85.7 Å². The zero-order valence-corrected chi connectivity index (χ0v) is 12.8. The van der Waals surface area contributed by atoms with Gasteiger partial charge in [-0.3, -0.25) is 9.13 Å². The highest BCUT2D eigenvalue weighted by Gasteiger charge is 2.11. The van der Waals surface area contributed by atoms with Crippen molar-refractivity contribution in [1.29, 1.82) is 0 Å². The Labute approximate surface area is 138 Å². The lowest BCUT2D eigenvalue weighted by Crippen LogP contribution is -2.15. The predicted octanol–water partition coefficient (Wildman–Crippen LogP) is 3.93. The average molecular weight is 314 g/mol. The molecular weight excluding hydrogens is 300 g/mol. The molecule has 0 aliphatic carbocycles. The molecule has 5 heteroatoms. The van der Waals surface area contributed by atoms with E-state index < -0.39 is 0 Å². The molecule has 4 rings (SSSR count). The molecule has 0 spiro atoms. The van der Waals surface area contributed by atoms with Gasteiger partial charge in [-0.05, 0) is 0 Å². The Kier molecular flexibility index (Phi) is 3.51. The van der Waals surface area contributed by atoms with Crippen molar-refractivity contribution in [3.05, 3.63) is 85.7 Å². The fourth-order valence-corrected chi connectivity index (χ4v) is 2.50. The molecule has 5 nitrogen and oxygen atoms in total. The van der Waals surface area contributed by atoms with Crippen LogP contribution in [0.3, 0.4) is 0 Å². The van der Waals surface area contributed by atoms with Crippen molar-refractivity contribution in [1.82, 2.24) is 19.1 Å². The van der Waals surface area contributed by atoms with Crippen LogP contribution in [0.4, 0.5) is 4.79 Å². The number of hydrogen-bond acceptors (Lipinski definition) is 3. The van der Waals surface area contributed by atoms with Gasteiger partial charge < -0.3 is 0 Å². The first kappa shape index (κ1) is 14.1. The Morgan fingerprint density at radius 1 is 0.667 bits per heavy atom. The van der Waals surface area contributed by atoms with E-state index in [2.05, 4.69) is 9.97 Å². The molecule has 0 aliphatic rings. The van der Waals surface area contributed by atoms with Gasteiger partial charge in [0.15, 0.2) is 0 Å². The molecule has 2 heterocycles. The second-order valence-corrected chi connectivity index (χ2v) is 5.35. The summed E-state index contributed by atoms with van der Waals surface area (Å²) in [5.74, 6) is 0. The van der Waals surface area contributed by atoms with Crippen LogP contribution in [0.25, 0.3) is 22.5 Å². The summed E-state index contributed by atoms with van der Waals surface area (Å²) in [6.45, 7) is 0. The smallest absolute Gasteiger partial charge is 0.257 e. The van der Waals surface area contributed by atoms with Crippen molar-refractivity contribution >= 4 is 6.03 Å². The van der Waals surface area contributed by atoms with Gasteiger partial charge in [0, 0.05) is 23.5 Å².